The van der Waals surface area contributed by atoms with Crippen LogP contribution in [-0.2, 0) is 11.8 Å². The summed E-state index contributed by atoms with van der Waals surface area (Å²) in [6.07, 6.45) is 6.54. The molecular formula is C15H18N4O4. The van der Waals surface area contributed by atoms with Crippen molar-refractivity contribution in [1.82, 2.24) is 19.8 Å². The number of hydrogen-bond donors (Lipinski definition) is 0. The Bertz CT molecular complexity index is 721. The summed E-state index contributed by atoms with van der Waals surface area (Å²) >= 11 is 0. The zero-order chi connectivity index (χ0) is 16.4. The maximum Gasteiger partial charge on any atom is 0.360 e. The quantitative estimate of drug-likeness (QED) is 0.798. The van der Waals surface area contributed by atoms with Gasteiger partial charge in [-0.2, -0.15) is 5.10 Å². The topological polar surface area (TPSA) is 90.5 Å². The van der Waals surface area contributed by atoms with E-state index in [-0.39, 0.29) is 23.4 Å². The molecule has 2 aromatic heterocycles. The number of esters is 1. The number of amides is 1. The monoisotopic (exact) mass is 318 g/mol. The van der Waals surface area contributed by atoms with Crippen LogP contribution >= 0.6 is 0 Å². The van der Waals surface area contributed by atoms with Gasteiger partial charge in [-0.1, -0.05) is 5.16 Å². The minimum Gasteiger partial charge on any atom is -0.464 e. The molecule has 1 atom stereocenters. The molecule has 3 rings (SSSR count). The Morgan fingerprint density at radius 2 is 2.22 bits per heavy atom. The van der Waals surface area contributed by atoms with Crippen LogP contribution in [0.5, 0.6) is 0 Å². The lowest BCUT2D eigenvalue weighted by Crippen LogP contribution is -2.38. The van der Waals surface area contributed by atoms with Gasteiger partial charge in [0, 0.05) is 31.4 Å². The van der Waals surface area contributed by atoms with Crippen molar-refractivity contribution in [3.05, 3.63) is 35.5 Å². The molecule has 8 heteroatoms. The lowest BCUT2D eigenvalue weighted by atomic mass is 9.97. The fourth-order valence-electron chi connectivity index (χ4n) is 2.85. The van der Waals surface area contributed by atoms with E-state index in [9.17, 15) is 9.59 Å². The van der Waals surface area contributed by atoms with Gasteiger partial charge in [-0.3, -0.25) is 9.48 Å². The van der Waals surface area contributed by atoms with Crippen LogP contribution in [0.25, 0.3) is 0 Å². The van der Waals surface area contributed by atoms with Crippen LogP contribution in [0.1, 0.15) is 51.9 Å². The van der Waals surface area contributed by atoms with Crippen molar-refractivity contribution < 1.29 is 18.8 Å². The summed E-state index contributed by atoms with van der Waals surface area (Å²) in [5, 5.41) is 7.77. The number of aromatic nitrogens is 3. The predicted molar refractivity (Wildman–Crippen MR) is 78.7 cm³/mol. The number of rotatable bonds is 3. The van der Waals surface area contributed by atoms with E-state index in [1.54, 1.807) is 15.8 Å². The van der Waals surface area contributed by atoms with Gasteiger partial charge in [-0.05, 0) is 19.3 Å². The number of carbonyl (C=O) groups is 2. The molecule has 3 heterocycles. The molecule has 0 aliphatic carbocycles. The third-order valence-corrected chi connectivity index (χ3v) is 3.99. The average Bonchev–Trinajstić information content (AvgIpc) is 3.22. The highest BCUT2D eigenvalue weighted by atomic mass is 16.5. The molecule has 0 spiro atoms. The van der Waals surface area contributed by atoms with Gasteiger partial charge in [0.2, 0.25) is 5.76 Å². The van der Waals surface area contributed by atoms with E-state index in [2.05, 4.69) is 15.0 Å². The Kier molecular flexibility index (Phi) is 4.14. The molecule has 1 saturated heterocycles. The minimum absolute atomic E-state index is 0.00853. The molecule has 0 aromatic carbocycles. The summed E-state index contributed by atoms with van der Waals surface area (Å²) in [4.78, 5) is 25.9. The SMILES string of the molecule is COC(=O)c1cc(C(=O)N2CCCCC2c2cnn(C)c2)on1. The second-order valence-electron chi connectivity index (χ2n) is 5.53. The second-order valence-corrected chi connectivity index (χ2v) is 5.53. The molecule has 1 aliphatic rings. The molecule has 8 nitrogen and oxygen atoms in total. The number of methoxy groups -OCH3 is 1. The van der Waals surface area contributed by atoms with Crippen LogP contribution < -0.4 is 0 Å². The maximum atomic E-state index is 12.7. The van der Waals surface area contributed by atoms with Crippen LogP contribution in [0.4, 0.5) is 0 Å². The summed E-state index contributed by atoms with van der Waals surface area (Å²) in [6.45, 7) is 0.632. The largest absolute Gasteiger partial charge is 0.464 e. The molecule has 23 heavy (non-hydrogen) atoms. The van der Waals surface area contributed by atoms with Crippen LogP contribution in [0.15, 0.2) is 23.0 Å². The van der Waals surface area contributed by atoms with E-state index in [4.69, 9.17) is 4.52 Å². The highest BCUT2D eigenvalue weighted by Crippen LogP contribution is 2.31. The van der Waals surface area contributed by atoms with Gasteiger partial charge < -0.3 is 14.2 Å². The van der Waals surface area contributed by atoms with Crippen molar-refractivity contribution >= 4 is 11.9 Å². The first-order valence-corrected chi connectivity index (χ1v) is 7.44. The maximum absolute atomic E-state index is 12.7. The first-order valence-electron chi connectivity index (χ1n) is 7.44. The smallest absolute Gasteiger partial charge is 0.360 e. The van der Waals surface area contributed by atoms with E-state index in [0.717, 1.165) is 24.8 Å². The average molecular weight is 318 g/mol. The molecule has 0 radical (unpaired) electrons. The Morgan fingerprint density at radius 3 is 2.91 bits per heavy atom. The highest BCUT2D eigenvalue weighted by Gasteiger charge is 2.32. The zero-order valence-corrected chi connectivity index (χ0v) is 13.1. The third-order valence-electron chi connectivity index (χ3n) is 3.99. The minimum atomic E-state index is -0.629. The third kappa shape index (κ3) is 2.96. The molecule has 2 aromatic rings. The lowest BCUT2D eigenvalue weighted by molar-refractivity contribution is 0.0559. The zero-order valence-electron chi connectivity index (χ0n) is 13.1. The molecule has 1 fully saturated rings. The number of hydrogen-bond acceptors (Lipinski definition) is 6. The summed E-state index contributed by atoms with van der Waals surface area (Å²) in [5.74, 6) is -0.863. The number of ether oxygens (including phenoxy) is 1. The van der Waals surface area contributed by atoms with Crippen molar-refractivity contribution in [2.24, 2.45) is 7.05 Å². The highest BCUT2D eigenvalue weighted by molar-refractivity contribution is 5.95. The molecule has 122 valence electrons. The fourth-order valence-corrected chi connectivity index (χ4v) is 2.85. The van der Waals surface area contributed by atoms with Crippen molar-refractivity contribution in [3.8, 4) is 0 Å². The van der Waals surface area contributed by atoms with E-state index < -0.39 is 5.97 Å². The number of aryl methyl sites for hydroxylation is 1. The summed E-state index contributed by atoms with van der Waals surface area (Å²) in [6, 6.07) is 1.28. The van der Waals surface area contributed by atoms with Crippen LogP contribution in [0.3, 0.4) is 0 Å². The first kappa shape index (κ1) is 15.3. The van der Waals surface area contributed by atoms with Gasteiger partial charge >= 0.3 is 5.97 Å². The van der Waals surface area contributed by atoms with Crippen LogP contribution in [0.2, 0.25) is 0 Å². The molecule has 1 aliphatic heterocycles. The number of nitrogens with zero attached hydrogens (tertiary/aromatic N) is 4. The van der Waals surface area contributed by atoms with Crippen molar-refractivity contribution in [2.75, 3.05) is 13.7 Å². The summed E-state index contributed by atoms with van der Waals surface area (Å²) < 4.78 is 11.3. The van der Waals surface area contributed by atoms with E-state index in [1.807, 2.05) is 13.2 Å². The Balaban J connectivity index is 1.84. The van der Waals surface area contributed by atoms with Crippen molar-refractivity contribution in [2.45, 2.75) is 25.3 Å². The number of likely N-dealkylation sites (tertiary alicyclic amines) is 1. The lowest BCUT2D eigenvalue weighted by Gasteiger charge is -2.34. The van der Waals surface area contributed by atoms with Gasteiger partial charge in [-0.15, -0.1) is 0 Å². The molecule has 0 N–H and O–H groups in total. The first-order chi connectivity index (χ1) is 11.1. The second kappa shape index (κ2) is 6.23. The Morgan fingerprint density at radius 1 is 1.39 bits per heavy atom. The molecule has 1 amide bonds. The Labute approximate surface area is 133 Å². The van der Waals surface area contributed by atoms with Gasteiger partial charge in [-0.25, -0.2) is 4.79 Å². The van der Waals surface area contributed by atoms with E-state index in [0.29, 0.717) is 6.54 Å². The number of carbonyl (C=O) groups excluding carboxylic acids is 2. The van der Waals surface area contributed by atoms with Crippen LogP contribution in [0, 0.1) is 0 Å². The molecule has 1 unspecified atom stereocenters. The summed E-state index contributed by atoms with van der Waals surface area (Å²) in [5.41, 5.74) is 0.985. The molecule has 0 bridgehead atoms. The van der Waals surface area contributed by atoms with E-state index >= 15 is 0 Å². The van der Waals surface area contributed by atoms with Crippen molar-refractivity contribution in [3.63, 3.8) is 0 Å². The summed E-state index contributed by atoms with van der Waals surface area (Å²) in [7, 11) is 3.10. The van der Waals surface area contributed by atoms with Crippen molar-refractivity contribution in [1.29, 1.82) is 0 Å². The predicted octanol–water partition coefficient (Wildman–Crippen LogP) is 1.56. The van der Waals surface area contributed by atoms with Crippen LogP contribution in [-0.4, -0.2) is 45.4 Å². The normalized spacial score (nSPS) is 18.0. The number of piperidine rings is 1. The Hall–Kier alpha value is -2.64. The van der Waals surface area contributed by atoms with Gasteiger partial charge in [0.1, 0.15) is 0 Å². The fraction of sp³-hybridized carbons (Fsp3) is 0.467. The molecule has 0 saturated carbocycles. The van der Waals surface area contributed by atoms with Gasteiger partial charge in [0.05, 0.1) is 19.3 Å². The molecular weight excluding hydrogens is 300 g/mol. The van der Waals surface area contributed by atoms with Gasteiger partial charge in [0.25, 0.3) is 5.91 Å². The van der Waals surface area contributed by atoms with Gasteiger partial charge in [0.15, 0.2) is 5.69 Å². The van der Waals surface area contributed by atoms with E-state index in [1.165, 1.54) is 13.2 Å². The standard InChI is InChI=1S/C15H18N4O4/c1-18-9-10(8-16-18)12-5-3-4-6-19(12)14(20)13-7-11(17-23-13)15(21)22-2/h7-9,12H,3-6H2,1-2H3.